The van der Waals surface area contributed by atoms with Crippen LogP contribution >= 0.6 is 11.6 Å². The number of ether oxygens (including phenoxy) is 2. The molecule has 12 heteroatoms. The van der Waals surface area contributed by atoms with Gasteiger partial charge in [0.25, 0.3) is 5.91 Å². The summed E-state index contributed by atoms with van der Waals surface area (Å²) in [6, 6.07) is 16.2. The molecule has 49 heavy (non-hydrogen) atoms. The average Bonchev–Trinajstić information content (AvgIpc) is 3.57. The van der Waals surface area contributed by atoms with Gasteiger partial charge in [-0.25, -0.2) is 14.4 Å². The van der Waals surface area contributed by atoms with Gasteiger partial charge in [-0.3, -0.25) is 9.69 Å². The number of imidazole rings is 1. The van der Waals surface area contributed by atoms with Crippen molar-refractivity contribution in [2.75, 3.05) is 38.7 Å². The molecule has 10 nitrogen and oxygen atoms in total. The minimum Gasteiger partial charge on any atom is -0.473 e. The van der Waals surface area contributed by atoms with E-state index in [-0.39, 0.29) is 18.6 Å². The third-order valence-electron chi connectivity index (χ3n) is 9.21. The maximum Gasteiger partial charge on any atom is 0.273 e. The fourth-order valence-corrected chi connectivity index (χ4v) is 6.68. The lowest BCUT2D eigenvalue weighted by atomic mass is 10.0. The van der Waals surface area contributed by atoms with Crippen LogP contribution in [0.2, 0.25) is 5.02 Å². The lowest BCUT2D eigenvalue weighted by molar-refractivity contribution is -0.113. The van der Waals surface area contributed by atoms with Gasteiger partial charge in [0.1, 0.15) is 23.9 Å². The monoisotopic (exact) mass is 685 g/mol. The molecule has 0 unspecified atom stereocenters. The molecule has 7 rings (SSSR count). The first-order chi connectivity index (χ1) is 23.9. The Hall–Kier alpha value is -4.45. The summed E-state index contributed by atoms with van der Waals surface area (Å²) in [7, 11) is 1.92. The van der Waals surface area contributed by atoms with E-state index in [4.69, 9.17) is 31.0 Å². The van der Waals surface area contributed by atoms with Crippen LogP contribution in [0.5, 0.6) is 5.88 Å². The van der Waals surface area contributed by atoms with Crippen LogP contribution in [0.15, 0.2) is 72.6 Å². The number of amides is 1. The van der Waals surface area contributed by atoms with E-state index in [1.54, 1.807) is 24.4 Å². The van der Waals surface area contributed by atoms with E-state index in [2.05, 4.69) is 32.2 Å². The second kappa shape index (κ2) is 15.0. The van der Waals surface area contributed by atoms with Gasteiger partial charge in [0.05, 0.1) is 42.6 Å². The third kappa shape index (κ3) is 8.07. The molecule has 2 aromatic carbocycles. The van der Waals surface area contributed by atoms with Crippen molar-refractivity contribution in [2.24, 2.45) is 0 Å². The summed E-state index contributed by atoms with van der Waals surface area (Å²) in [6.45, 7) is 4.48. The Kier molecular flexibility index (Phi) is 10.1. The van der Waals surface area contributed by atoms with Gasteiger partial charge in [-0.15, -0.1) is 0 Å². The number of hydrogen-bond acceptors (Lipinski definition) is 8. The Labute approximate surface area is 290 Å². The summed E-state index contributed by atoms with van der Waals surface area (Å²) in [5.41, 5.74) is 5.56. The number of nitrogens with zero attached hydrogens (tertiary/aromatic N) is 5. The quantitative estimate of drug-likeness (QED) is 0.200. The number of carbonyl (C=O) groups is 1. The molecule has 256 valence electrons. The molecular weight excluding hydrogens is 645 g/mol. The standard InChI is InChI=1S/C37H41ClFN7O3/c1-44-21-33(40-24-44)37(47)41-28-11-12-34-32(19-28)42-35(46(34)20-29-6-3-2-4-17-48-29)22-45-15-13-25(14-16-45)31-7-5-8-36(43-31)49-23-26-9-10-27(38)18-30(26)39/h5,7-13,18-19,21,29,40H,2-4,6,14-17,20,22-24H2,1H3,(H,41,47)/t29-/m0/s1. The summed E-state index contributed by atoms with van der Waals surface area (Å²) in [5.74, 6) is 0.856. The van der Waals surface area contributed by atoms with Crippen molar-refractivity contribution in [1.82, 2.24) is 29.7 Å². The Morgan fingerprint density at radius 1 is 1.14 bits per heavy atom. The SMILES string of the molecule is CN1C=C(C(=O)Nc2ccc3c(c2)nc(CN2CC=C(c4cccc(OCc5ccc(Cl)cc5F)n4)CC2)n3C[C@@H]2CCCCCO2)NC1. The minimum absolute atomic E-state index is 0.0694. The van der Waals surface area contributed by atoms with E-state index in [1.165, 1.54) is 18.9 Å². The molecule has 1 saturated heterocycles. The Morgan fingerprint density at radius 2 is 2.06 bits per heavy atom. The van der Waals surface area contributed by atoms with Crippen LogP contribution in [0.4, 0.5) is 10.1 Å². The average molecular weight is 686 g/mol. The van der Waals surface area contributed by atoms with Crippen LogP contribution in [0, 0.1) is 5.82 Å². The minimum atomic E-state index is -0.399. The van der Waals surface area contributed by atoms with E-state index < -0.39 is 5.82 Å². The lowest BCUT2D eigenvalue weighted by Gasteiger charge is -2.27. The molecule has 0 bridgehead atoms. The fraction of sp³-hybridized carbons (Fsp3) is 0.378. The van der Waals surface area contributed by atoms with Crippen molar-refractivity contribution in [1.29, 1.82) is 0 Å². The van der Waals surface area contributed by atoms with Crippen molar-refractivity contribution in [3.63, 3.8) is 0 Å². The van der Waals surface area contributed by atoms with Gasteiger partial charge in [-0.05, 0) is 61.2 Å². The zero-order valence-electron chi connectivity index (χ0n) is 27.6. The predicted molar refractivity (Wildman–Crippen MR) is 188 cm³/mol. The van der Waals surface area contributed by atoms with Gasteiger partial charge in [0, 0.05) is 55.3 Å². The second-order valence-electron chi connectivity index (χ2n) is 12.9. The number of hydrogen-bond donors (Lipinski definition) is 2. The molecule has 5 heterocycles. The molecule has 3 aliphatic rings. The van der Waals surface area contributed by atoms with Crippen LogP contribution in [-0.4, -0.2) is 69.8 Å². The van der Waals surface area contributed by atoms with Crippen LogP contribution in [0.1, 0.15) is 49.2 Å². The molecular formula is C37H41ClFN7O3. The van der Waals surface area contributed by atoms with Gasteiger partial charge in [0.2, 0.25) is 5.88 Å². The first-order valence-corrected chi connectivity index (χ1v) is 17.3. The number of aromatic nitrogens is 3. The molecule has 0 spiro atoms. The van der Waals surface area contributed by atoms with Crippen molar-refractivity contribution >= 4 is 39.8 Å². The van der Waals surface area contributed by atoms with Crippen LogP contribution in [0.25, 0.3) is 16.6 Å². The van der Waals surface area contributed by atoms with Gasteiger partial charge < -0.3 is 29.6 Å². The lowest BCUT2D eigenvalue weighted by Crippen LogP contribution is -2.30. The van der Waals surface area contributed by atoms with Gasteiger partial charge in [-0.2, -0.15) is 0 Å². The van der Waals surface area contributed by atoms with E-state index in [9.17, 15) is 9.18 Å². The molecule has 3 aliphatic heterocycles. The summed E-state index contributed by atoms with van der Waals surface area (Å²) in [4.78, 5) is 27.0. The van der Waals surface area contributed by atoms with Gasteiger partial charge in [-0.1, -0.05) is 42.7 Å². The molecule has 0 aliphatic carbocycles. The zero-order chi connectivity index (χ0) is 33.7. The Morgan fingerprint density at radius 3 is 2.88 bits per heavy atom. The normalized spacial score (nSPS) is 18.5. The van der Waals surface area contributed by atoms with Crippen LogP contribution < -0.4 is 15.4 Å². The number of halogens is 2. The highest BCUT2D eigenvalue weighted by Crippen LogP contribution is 2.28. The Balaban J connectivity index is 1.06. The summed E-state index contributed by atoms with van der Waals surface area (Å²) in [6.07, 6.45) is 9.48. The number of benzene rings is 2. The highest BCUT2D eigenvalue weighted by atomic mass is 35.5. The molecule has 0 radical (unpaired) electrons. The molecule has 1 amide bonds. The van der Waals surface area contributed by atoms with Gasteiger partial charge >= 0.3 is 0 Å². The first-order valence-electron chi connectivity index (χ1n) is 16.9. The molecule has 1 atom stereocenters. The topological polar surface area (TPSA) is 96.8 Å². The number of carbonyl (C=O) groups excluding carboxylic acids is 1. The maximum absolute atomic E-state index is 14.2. The highest BCUT2D eigenvalue weighted by molar-refractivity contribution is 6.30. The largest absolute Gasteiger partial charge is 0.473 e. The molecule has 1 fully saturated rings. The number of pyridine rings is 1. The smallest absolute Gasteiger partial charge is 0.273 e. The number of anilines is 1. The second-order valence-corrected chi connectivity index (χ2v) is 13.3. The summed E-state index contributed by atoms with van der Waals surface area (Å²) in [5, 5.41) is 6.48. The van der Waals surface area contributed by atoms with E-state index in [0.29, 0.717) is 41.1 Å². The molecule has 2 aromatic heterocycles. The van der Waals surface area contributed by atoms with Crippen molar-refractivity contribution in [2.45, 2.75) is 57.9 Å². The molecule has 2 N–H and O–H groups in total. The number of fused-ring (bicyclic) bond motifs is 1. The van der Waals surface area contributed by atoms with Crippen LogP contribution in [0.3, 0.4) is 0 Å². The Bertz CT molecular complexity index is 1890. The van der Waals surface area contributed by atoms with E-state index in [1.807, 2.05) is 36.2 Å². The van der Waals surface area contributed by atoms with Crippen molar-refractivity contribution < 1.29 is 18.7 Å². The third-order valence-corrected chi connectivity index (χ3v) is 9.44. The first kappa shape index (κ1) is 33.1. The van der Waals surface area contributed by atoms with E-state index >= 15 is 0 Å². The van der Waals surface area contributed by atoms with Crippen LogP contribution in [-0.2, 0) is 29.2 Å². The fourth-order valence-electron chi connectivity index (χ4n) is 6.52. The van der Waals surface area contributed by atoms with E-state index in [0.717, 1.165) is 73.6 Å². The van der Waals surface area contributed by atoms with Crippen molar-refractivity contribution in [3.05, 3.63) is 100 Å². The summed E-state index contributed by atoms with van der Waals surface area (Å²) >= 11 is 5.88. The number of rotatable bonds is 10. The maximum atomic E-state index is 14.2. The van der Waals surface area contributed by atoms with Crippen molar-refractivity contribution in [3.8, 4) is 5.88 Å². The summed E-state index contributed by atoms with van der Waals surface area (Å²) < 4.78 is 28.6. The number of nitrogens with one attached hydrogen (secondary N) is 2. The molecule has 4 aromatic rings. The van der Waals surface area contributed by atoms with Gasteiger partial charge in [0.15, 0.2) is 0 Å². The highest BCUT2D eigenvalue weighted by Gasteiger charge is 2.22. The zero-order valence-corrected chi connectivity index (χ0v) is 28.4. The predicted octanol–water partition coefficient (Wildman–Crippen LogP) is 6.32. The molecule has 0 saturated carbocycles.